The van der Waals surface area contributed by atoms with Crippen molar-refractivity contribution < 1.29 is 13.9 Å². The van der Waals surface area contributed by atoms with Crippen LogP contribution in [-0.2, 0) is 4.79 Å². The highest BCUT2D eigenvalue weighted by Gasteiger charge is 2.27. The van der Waals surface area contributed by atoms with Crippen molar-refractivity contribution >= 4 is 27.5 Å². The number of hydrogen-bond acceptors (Lipinski definition) is 4. The van der Waals surface area contributed by atoms with Crippen molar-refractivity contribution in [2.75, 3.05) is 19.7 Å². The summed E-state index contributed by atoms with van der Waals surface area (Å²) in [5, 5.41) is 1.10. The Labute approximate surface area is 155 Å². The molecule has 4 rings (SSSR count). The van der Waals surface area contributed by atoms with Crippen LogP contribution in [0.2, 0.25) is 0 Å². The molecule has 4 nitrogen and oxygen atoms in total. The van der Waals surface area contributed by atoms with E-state index in [0.29, 0.717) is 12.3 Å². The number of amides is 1. The number of carbonyl (C=O) groups excluding carboxylic acids is 1. The van der Waals surface area contributed by atoms with Crippen LogP contribution in [0.1, 0.15) is 23.8 Å². The Hall–Kier alpha value is -2.47. The molecule has 1 aliphatic heterocycles. The molecule has 134 valence electrons. The fourth-order valence-corrected chi connectivity index (χ4v) is 4.33. The highest BCUT2D eigenvalue weighted by Crippen LogP contribution is 2.33. The first-order chi connectivity index (χ1) is 12.7. The van der Waals surface area contributed by atoms with E-state index in [1.165, 1.54) is 29.0 Å². The summed E-state index contributed by atoms with van der Waals surface area (Å²) in [5.41, 5.74) is 1.02. The van der Waals surface area contributed by atoms with Crippen molar-refractivity contribution in [1.29, 1.82) is 0 Å². The van der Waals surface area contributed by atoms with Gasteiger partial charge in [-0.05, 0) is 49.2 Å². The molecule has 1 amide bonds. The monoisotopic (exact) mass is 370 g/mol. The molecule has 6 heteroatoms. The summed E-state index contributed by atoms with van der Waals surface area (Å²) in [7, 11) is 0. The van der Waals surface area contributed by atoms with Gasteiger partial charge in [0.2, 0.25) is 0 Å². The molecule has 0 spiro atoms. The molecular weight excluding hydrogens is 351 g/mol. The molecular formula is C20H19FN2O2S. The van der Waals surface area contributed by atoms with Crippen LogP contribution in [0.5, 0.6) is 5.75 Å². The average Bonchev–Trinajstić information content (AvgIpc) is 3.12. The predicted octanol–water partition coefficient (Wildman–Crippen LogP) is 4.22. The van der Waals surface area contributed by atoms with E-state index in [-0.39, 0.29) is 24.2 Å². The molecule has 1 atom stereocenters. The van der Waals surface area contributed by atoms with Gasteiger partial charge in [-0.2, -0.15) is 0 Å². The third kappa shape index (κ3) is 3.70. The smallest absolute Gasteiger partial charge is 0.260 e. The number of hydrogen-bond donors (Lipinski definition) is 0. The molecule has 0 radical (unpaired) electrons. The third-order valence-electron chi connectivity index (χ3n) is 4.61. The minimum Gasteiger partial charge on any atom is -0.484 e. The van der Waals surface area contributed by atoms with E-state index in [2.05, 4.69) is 6.07 Å². The van der Waals surface area contributed by atoms with Crippen LogP contribution in [0, 0.1) is 5.82 Å². The lowest BCUT2D eigenvalue weighted by Gasteiger charge is -2.31. The second-order valence-corrected chi connectivity index (χ2v) is 7.50. The van der Waals surface area contributed by atoms with Gasteiger partial charge in [0, 0.05) is 19.0 Å². The molecule has 0 N–H and O–H groups in total. The maximum Gasteiger partial charge on any atom is 0.260 e. The standard InChI is InChI=1S/C20H19FN2O2S/c21-15-7-9-16(10-8-15)25-13-19(24)23-11-3-4-14(12-23)20-22-17-5-1-2-6-18(17)26-20/h1-2,5-10,14H,3-4,11-13H2/t14-/m0/s1. The summed E-state index contributed by atoms with van der Waals surface area (Å²) >= 11 is 1.71. The largest absolute Gasteiger partial charge is 0.484 e. The second kappa shape index (κ2) is 7.41. The number of thiazole rings is 1. The van der Waals surface area contributed by atoms with Crippen molar-refractivity contribution in [2.24, 2.45) is 0 Å². The van der Waals surface area contributed by atoms with E-state index >= 15 is 0 Å². The van der Waals surface area contributed by atoms with Gasteiger partial charge in [0.25, 0.3) is 5.91 Å². The minimum absolute atomic E-state index is 0.0296. The van der Waals surface area contributed by atoms with Gasteiger partial charge in [-0.3, -0.25) is 4.79 Å². The van der Waals surface area contributed by atoms with E-state index < -0.39 is 0 Å². The number of rotatable bonds is 4. The van der Waals surface area contributed by atoms with E-state index in [1.54, 1.807) is 11.3 Å². The summed E-state index contributed by atoms with van der Waals surface area (Å²) in [6, 6.07) is 13.8. The van der Waals surface area contributed by atoms with Gasteiger partial charge in [0.1, 0.15) is 11.6 Å². The number of likely N-dealkylation sites (tertiary alicyclic amines) is 1. The number of piperidine rings is 1. The number of nitrogens with zero attached hydrogens (tertiary/aromatic N) is 2. The number of benzene rings is 2. The van der Waals surface area contributed by atoms with E-state index in [9.17, 15) is 9.18 Å². The first kappa shape index (κ1) is 17.0. The lowest BCUT2D eigenvalue weighted by Crippen LogP contribution is -2.41. The molecule has 0 bridgehead atoms. The molecule has 26 heavy (non-hydrogen) atoms. The number of aromatic nitrogens is 1. The number of fused-ring (bicyclic) bond motifs is 1. The van der Waals surface area contributed by atoms with Crippen LogP contribution in [-0.4, -0.2) is 35.5 Å². The van der Waals surface area contributed by atoms with Gasteiger partial charge >= 0.3 is 0 Å². The van der Waals surface area contributed by atoms with Crippen LogP contribution < -0.4 is 4.74 Å². The number of carbonyl (C=O) groups is 1. The summed E-state index contributed by atoms with van der Waals surface area (Å²) < 4.78 is 19.6. The van der Waals surface area contributed by atoms with Gasteiger partial charge in [-0.25, -0.2) is 9.37 Å². The summed E-state index contributed by atoms with van der Waals surface area (Å²) in [4.78, 5) is 19.1. The molecule has 1 saturated heterocycles. The zero-order valence-electron chi connectivity index (χ0n) is 14.2. The van der Waals surface area contributed by atoms with Crippen molar-refractivity contribution in [3.8, 4) is 5.75 Å². The summed E-state index contributed by atoms with van der Waals surface area (Å²) in [6.45, 7) is 1.39. The average molecular weight is 370 g/mol. The second-order valence-electron chi connectivity index (χ2n) is 6.44. The Balaban J connectivity index is 1.39. The third-order valence-corrected chi connectivity index (χ3v) is 5.81. The Morgan fingerprint density at radius 1 is 1.23 bits per heavy atom. The van der Waals surface area contributed by atoms with Gasteiger partial charge < -0.3 is 9.64 Å². The first-order valence-corrected chi connectivity index (χ1v) is 9.52. The summed E-state index contributed by atoms with van der Waals surface area (Å²) in [6.07, 6.45) is 2.01. The van der Waals surface area contributed by atoms with E-state index in [1.807, 2.05) is 23.1 Å². The molecule has 1 aromatic heterocycles. The van der Waals surface area contributed by atoms with Crippen LogP contribution in [0.25, 0.3) is 10.2 Å². The molecule has 1 fully saturated rings. The van der Waals surface area contributed by atoms with Crippen LogP contribution in [0.3, 0.4) is 0 Å². The van der Waals surface area contributed by atoms with Crippen molar-refractivity contribution in [2.45, 2.75) is 18.8 Å². The van der Waals surface area contributed by atoms with Crippen LogP contribution >= 0.6 is 11.3 Å². The topological polar surface area (TPSA) is 42.4 Å². The molecule has 0 unspecified atom stereocenters. The number of para-hydroxylation sites is 1. The predicted molar refractivity (Wildman–Crippen MR) is 100 cm³/mol. The van der Waals surface area contributed by atoms with Crippen molar-refractivity contribution in [3.05, 3.63) is 59.4 Å². The van der Waals surface area contributed by atoms with E-state index in [4.69, 9.17) is 9.72 Å². The highest BCUT2D eigenvalue weighted by molar-refractivity contribution is 7.18. The van der Waals surface area contributed by atoms with Gasteiger partial charge in [-0.1, -0.05) is 12.1 Å². The molecule has 0 aliphatic carbocycles. The lowest BCUT2D eigenvalue weighted by molar-refractivity contribution is -0.134. The fourth-order valence-electron chi connectivity index (χ4n) is 3.24. The fraction of sp³-hybridized carbons (Fsp3) is 0.300. The minimum atomic E-state index is -0.321. The zero-order valence-corrected chi connectivity index (χ0v) is 15.0. The number of ether oxygens (including phenoxy) is 1. The van der Waals surface area contributed by atoms with Crippen molar-refractivity contribution in [1.82, 2.24) is 9.88 Å². The van der Waals surface area contributed by atoms with Crippen molar-refractivity contribution in [3.63, 3.8) is 0 Å². The van der Waals surface area contributed by atoms with Gasteiger partial charge in [-0.15, -0.1) is 11.3 Å². The van der Waals surface area contributed by atoms with Gasteiger partial charge in [0.05, 0.1) is 15.2 Å². The first-order valence-electron chi connectivity index (χ1n) is 8.70. The Morgan fingerprint density at radius 3 is 2.85 bits per heavy atom. The maximum atomic E-state index is 12.9. The Kier molecular flexibility index (Phi) is 4.84. The molecule has 2 aromatic carbocycles. The molecule has 2 heterocycles. The Bertz CT molecular complexity index is 877. The Morgan fingerprint density at radius 2 is 2.04 bits per heavy atom. The molecule has 3 aromatic rings. The molecule has 0 saturated carbocycles. The number of halogens is 1. The normalized spacial score (nSPS) is 17.4. The highest BCUT2D eigenvalue weighted by atomic mass is 32.1. The van der Waals surface area contributed by atoms with E-state index in [0.717, 1.165) is 29.9 Å². The SMILES string of the molecule is O=C(COc1ccc(F)cc1)N1CCC[C@H](c2nc3ccccc3s2)C1. The van der Waals surface area contributed by atoms with Gasteiger partial charge in [0.15, 0.2) is 6.61 Å². The summed E-state index contributed by atoms with van der Waals surface area (Å²) in [5.74, 6) is 0.411. The zero-order chi connectivity index (χ0) is 17.9. The van der Waals surface area contributed by atoms with Crippen LogP contribution in [0.15, 0.2) is 48.5 Å². The maximum absolute atomic E-state index is 12.9. The lowest BCUT2D eigenvalue weighted by atomic mass is 9.99. The van der Waals surface area contributed by atoms with Crippen LogP contribution in [0.4, 0.5) is 4.39 Å². The molecule has 1 aliphatic rings. The quantitative estimate of drug-likeness (QED) is 0.691.